The van der Waals surface area contributed by atoms with Crippen molar-refractivity contribution < 1.29 is 9.47 Å². The van der Waals surface area contributed by atoms with Crippen molar-refractivity contribution in [2.75, 3.05) is 13.2 Å². The molecule has 3 rings (SSSR count). The van der Waals surface area contributed by atoms with Crippen LogP contribution in [-0.4, -0.2) is 29.3 Å². The predicted octanol–water partition coefficient (Wildman–Crippen LogP) is 2.57. The quantitative estimate of drug-likeness (QED) is 0.778. The van der Waals surface area contributed by atoms with E-state index >= 15 is 0 Å². The van der Waals surface area contributed by atoms with Gasteiger partial charge in [0.1, 0.15) is 17.1 Å². The van der Waals surface area contributed by atoms with Crippen LogP contribution in [-0.2, 0) is 4.74 Å². The maximum atomic E-state index is 5.98. The molecule has 2 fully saturated rings. The molecule has 17 heavy (non-hydrogen) atoms. The molecule has 1 aliphatic carbocycles. The minimum atomic E-state index is 0.196. The summed E-state index contributed by atoms with van der Waals surface area (Å²) in [5, 5.41) is 0.476. The van der Waals surface area contributed by atoms with Crippen molar-refractivity contribution in [3.8, 4) is 5.88 Å². The number of hydrogen-bond donors (Lipinski definition) is 0. The van der Waals surface area contributed by atoms with Crippen LogP contribution in [0.2, 0.25) is 5.15 Å². The van der Waals surface area contributed by atoms with Gasteiger partial charge in [-0.2, -0.15) is 4.98 Å². The van der Waals surface area contributed by atoms with Crippen molar-refractivity contribution in [1.29, 1.82) is 0 Å². The molecule has 0 unspecified atom stereocenters. The third-order valence-electron chi connectivity index (χ3n) is 3.09. The van der Waals surface area contributed by atoms with Crippen molar-refractivity contribution in [2.45, 2.75) is 37.7 Å². The van der Waals surface area contributed by atoms with E-state index in [0.29, 0.717) is 17.0 Å². The molecule has 1 aromatic heterocycles. The fourth-order valence-corrected chi connectivity index (χ4v) is 2.14. The summed E-state index contributed by atoms with van der Waals surface area (Å²) in [6, 6.07) is 1.70. The highest BCUT2D eigenvalue weighted by Gasteiger charge is 2.28. The molecule has 0 spiro atoms. The van der Waals surface area contributed by atoms with Crippen LogP contribution in [0.15, 0.2) is 6.07 Å². The number of hydrogen-bond acceptors (Lipinski definition) is 4. The summed E-state index contributed by atoms with van der Waals surface area (Å²) in [4.78, 5) is 8.67. The van der Waals surface area contributed by atoms with Gasteiger partial charge in [0, 0.05) is 24.8 Å². The highest BCUT2D eigenvalue weighted by Crippen LogP contribution is 2.39. The molecule has 1 aliphatic heterocycles. The standard InChI is InChI=1S/C12H15ClN2O2/c13-10-7-11(15-12(14-10)8-1-2-8)17-9-3-5-16-6-4-9/h7-9H,1-6H2. The first-order chi connectivity index (χ1) is 8.31. The summed E-state index contributed by atoms with van der Waals surface area (Å²) in [7, 11) is 0. The van der Waals surface area contributed by atoms with E-state index in [0.717, 1.165) is 44.7 Å². The second-order valence-corrected chi connectivity index (χ2v) is 4.98. The van der Waals surface area contributed by atoms with Crippen LogP contribution in [0.1, 0.15) is 37.4 Å². The second kappa shape index (κ2) is 4.78. The summed E-state index contributed by atoms with van der Waals surface area (Å²) in [5.41, 5.74) is 0. The van der Waals surface area contributed by atoms with E-state index in [-0.39, 0.29) is 6.10 Å². The lowest BCUT2D eigenvalue weighted by atomic mass is 10.2. The second-order valence-electron chi connectivity index (χ2n) is 4.59. The average Bonchev–Trinajstić information content (AvgIpc) is 3.13. The van der Waals surface area contributed by atoms with Crippen LogP contribution >= 0.6 is 11.6 Å². The van der Waals surface area contributed by atoms with Gasteiger partial charge in [0.15, 0.2) is 0 Å². The molecular weight excluding hydrogens is 240 g/mol. The first kappa shape index (κ1) is 11.2. The fourth-order valence-electron chi connectivity index (χ4n) is 1.96. The molecule has 2 aliphatic rings. The summed E-state index contributed by atoms with van der Waals surface area (Å²) in [6.45, 7) is 1.53. The third-order valence-corrected chi connectivity index (χ3v) is 3.28. The Balaban J connectivity index is 1.72. The molecule has 4 nitrogen and oxygen atoms in total. The molecular formula is C12H15ClN2O2. The third kappa shape index (κ3) is 2.87. The van der Waals surface area contributed by atoms with Crippen LogP contribution in [0.5, 0.6) is 5.88 Å². The van der Waals surface area contributed by atoms with Crippen molar-refractivity contribution in [1.82, 2.24) is 9.97 Å². The van der Waals surface area contributed by atoms with Gasteiger partial charge in [-0.1, -0.05) is 11.6 Å². The Kier molecular flexibility index (Phi) is 3.16. The van der Waals surface area contributed by atoms with E-state index in [1.165, 1.54) is 0 Å². The van der Waals surface area contributed by atoms with E-state index < -0.39 is 0 Å². The monoisotopic (exact) mass is 254 g/mol. The molecule has 0 bridgehead atoms. The largest absolute Gasteiger partial charge is 0.474 e. The highest BCUT2D eigenvalue weighted by molar-refractivity contribution is 6.29. The molecule has 5 heteroatoms. The Morgan fingerprint density at radius 3 is 2.65 bits per heavy atom. The molecule has 0 atom stereocenters. The Hall–Kier alpha value is -0.870. The molecule has 1 saturated heterocycles. The average molecular weight is 255 g/mol. The maximum absolute atomic E-state index is 5.98. The number of nitrogens with zero attached hydrogens (tertiary/aromatic N) is 2. The lowest BCUT2D eigenvalue weighted by Crippen LogP contribution is -2.26. The van der Waals surface area contributed by atoms with E-state index in [2.05, 4.69) is 9.97 Å². The number of ether oxygens (including phenoxy) is 2. The lowest BCUT2D eigenvalue weighted by Gasteiger charge is -2.22. The van der Waals surface area contributed by atoms with Gasteiger partial charge in [0.05, 0.1) is 13.2 Å². The van der Waals surface area contributed by atoms with Crippen molar-refractivity contribution >= 4 is 11.6 Å². The van der Waals surface area contributed by atoms with Crippen LogP contribution in [0.3, 0.4) is 0 Å². The first-order valence-corrected chi connectivity index (χ1v) is 6.48. The molecule has 0 amide bonds. The smallest absolute Gasteiger partial charge is 0.218 e. The van der Waals surface area contributed by atoms with Gasteiger partial charge < -0.3 is 9.47 Å². The van der Waals surface area contributed by atoms with E-state index in [9.17, 15) is 0 Å². The Labute approximate surface area is 105 Å². The Morgan fingerprint density at radius 2 is 1.94 bits per heavy atom. The zero-order valence-corrected chi connectivity index (χ0v) is 10.3. The van der Waals surface area contributed by atoms with E-state index in [1.54, 1.807) is 6.07 Å². The zero-order chi connectivity index (χ0) is 11.7. The SMILES string of the molecule is Clc1cc(OC2CCOCC2)nc(C2CC2)n1. The summed E-state index contributed by atoms with van der Waals surface area (Å²) in [5.74, 6) is 1.93. The molecule has 0 aromatic carbocycles. The summed E-state index contributed by atoms with van der Waals surface area (Å²) >= 11 is 5.98. The first-order valence-electron chi connectivity index (χ1n) is 6.10. The van der Waals surface area contributed by atoms with E-state index in [4.69, 9.17) is 21.1 Å². The molecule has 2 heterocycles. The Morgan fingerprint density at radius 1 is 1.18 bits per heavy atom. The molecule has 1 aromatic rings. The van der Waals surface area contributed by atoms with Crippen molar-refractivity contribution in [2.24, 2.45) is 0 Å². The number of halogens is 1. The normalized spacial score (nSPS) is 21.5. The minimum absolute atomic E-state index is 0.196. The van der Waals surface area contributed by atoms with Crippen LogP contribution < -0.4 is 4.74 Å². The topological polar surface area (TPSA) is 44.2 Å². The number of rotatable bonds is 3. The van der Waals surface area contributed by atoms with Crippen molar-refractivity contribution in [3.63, 3.8) is 0 Å². The lowest BCUT2D eigenvalue weighted by molar-refractivity contribution is 0.0236. The maximum Gasteiger partial charge on any atom is 0.218 e. The fraction of sp³-hybridized carbons (Fsp3) is 0.667. The summed E-state index contributed by atoms with van der Waals surface area (Å²) < 4.78 is 11.1. The zero-order valence-electron chi connectivity index (χ0n) is 9.56. The van der Waals surface area contributed by atoms with Gasteiger partial charge in [-0.25, -0.2) is 4.98 Å². The van der Waals surface area contributed by atoms with Crippen molar-refractivity contribution in [3.05, 3.63) is 17.0 Å². The minimum Gasteiger partial charge on any atom is -0.474 e. The van der Waals surface area contributed by atoms with Crippen LogP contribution in [0.25, 0.3) is 0 Å². The van der Waals surface area contributed by atoms with E-state index in [1.807, 2.05) is 0 Å². The summed E-state index contributed by atoms with van der Waals surface area (Å²) in [6.07, 6.45) is 4.36. The predicted molar refractivity (Wildman–Crippen MR) is 63.5 cm³/mol. The van der Waals surface area contributed by atoms with Gasteiger partial charge in [-0.15, -0.1) is 0 Å². The van der Waals surface area contributed by atoms with Gasteiger partial charge >= 0.3 is 0 Å². The van der Waals surface area contributed by atoms with Gasteiger partial charge in [-0.05, 0) is 12.8 Å². The number of aromatic nitrogens is 2. The van der Waals surface area contributed by atoms with Gasteiger partial charge in [0.2, 0.25) is 5.88 Å². The molecule has 1 saturated carbocycles. The van der Waals surface area contributed by atoms with Crippen LogP contribution in [0.4, 0.5) is 0 Å². The molecule has 0 N–H and O–H groups in total. The van der Waals surface area contributed by atoms with Gasteiger partial charge in [0.25, 0.3) is 0 Å². The molecule has 92 valence electrons. The highest BCUT2D eigenvalue weighted by atomic mass is 35.5. The Bertz CT molecular complexity index is 403. The molecule has 0 radical (unpaired) electrons. The van der Waals surface area contributed by atoms with Crippen LogP contribution in [0, 0.1) is 0 Å². The van der Waals surface area contributed by atoms with Gasteiger partial charge in [-0.3, -0.25) is 0 Å².